The first-order chi connectivity index (χ1) is 14.7. The third kappa shape index (κ3) is 92.2. The fraction of sp³-hybridized carbons (Fsp3) is 1.00. The second kappa shape index (κ2) is 43.7. The lowest BCUT2D eigenvalue weighted by atomic mass is 10.1. The van der Waals surface area contributed by atoms with Crippen LogP contribution >= 0.6 is 7.60 Å². The van der Waals surface area contributed by atoms with Crippen LogP contribution in [0.15, 0.2) is 0 Å². The van der Waals surface area contributed by atoms with E-state index in [0.717, 1.165) is 12.8 Å². The summed E-state index contributed by atoms with van der Waals surface area (Å²) in [6.45, 7) is 1.21. The highest BCUT2D eigenvalue weighted by Gasteiger charge is 2.10. The molecule has 0 heterocycles. The van der Waals surface area contributed by atoms with Crippen molar-refractivity contribution >= 4 is 7.60 Å². The average molecular weight is 485 g/mol. The Morgan fingerprint density at radius 1 is 0.452 bits per heavy atom. The number of unbranched alkanes of at least 4 members (excludes halogenated alkanes) is 8. The maximum atomic E-state index is 10.5. The molecule has 0 aliphatic carbocycles. The highest BCUT2D eigenvalue weighted by Crippen LogP contribution is 2.35. The van der Waals surface area contributed by atoms with Gasteiger partial charge in [-0.25, -0.2) is 0 Å². The maximum absolute atomic E-state index is 10.5. The van der Waals surface area contributed by atoms with Crippen LogP contribution in [-0.4, -0.2) is 110 Å². The summed E-state index contributed by atoms with van der Waals surface area (Å²) < 4.78 is 10.5. The van der Waals surface area contributed by atoms with E-state index in [0.29, 0.717) is 6.42 Å². The lowest BCUT2D eigenvalue weighted by molar-refractivity contribution is 0.186. The van der Waals surface area contributed by atoms with E-state index in [4.69, 9.17) is 50.6 Å². The number of aliphatic hydroxyl groups is 8. The minimum absolute atomic E-state index is 0.0584. The molecule has 31 heavy (non-hydrogen) atoms. The van der Waals surface area contributed by atoms with Crippen molar-refractivity contribution in [2.24, 2.45) is 0 Å². The molecule has 0 rings (SSSR count). The van der Waals surface area contributed by atoms with Crippen LogP contribution in [0, 0.1) is 0 Å². The maximum Gasteiger partial charge on any atom is 0.325 e. The Balaban J connectivity index is -0.000000114. The zero-order chi connectivity index (χ0) is 25.2. The van der Waals surface area contributed by atoms with Crippen LogP contribution < -0.4 is 0 Å². The molecule has 196 valence electrons. The smallest absolute Gasteiger partial charge is 0.325 e. The van der Waals surface area contributed by atoms with Gasteiger partial charge in [-0.15, -0.1) is 0 Å². The first-order valence-corrected chi connectivity index (χ1v) is 12.4. The number of hydrogen-bond donors (Lipinski definition) is 10. The summed E-state index contributed by atoms with van der Waals surface area (Å²) in [7, 11) is -3.74. The third-order valence-corrected chi connectivity index (χ3v) is 3.85. The van der Waals surface area contributed by atoms with Crippen molar-refractivity contribution in [1.82, 2.24) is 0 Å². The molecule has 0 amide bonds. The summed E-state index contributed by atoms with van der Waals surface area (Å²) in [5.74, 6) is 0. The van der Waals surface area contributed by atoms with Gasteiger partial charge in [0.15, 0.2) is 0 Å². The Morgan fingerprint density at radius 3 is 0.871 bits per heavy atom. The summed E-state index contributed by atoms with van der Waals surface area (Å²) in [5.41, 5.74) is 0. The van der Waals surface area contributed by atoms with Gasteiger partial charge in [0.25, 0.3) is 0 Å². The van der Waals surface area contributed by atoms with Crippen LogP contribution in [0.25, 0.3) is 0 Å². The van der Waals surface area contributed by atoms with Gasteiger partial charge in [-0.1, -0.05) is 58.3 Å². The van der Waals surface area contributed by atoms with Gasteiger partial charge < -0.3 is 50.6 Å². The summed E-state index contributed by atoms with van der Waals surface area (Å²) in [4.78, 5) is 17.3. The second-order valence-corrected chi connectivity index (χ2v) is 7.78. The number of rotatable bonds is 14. The van der Waals surface area contributed by atoms with Crippen LogP contribution in [0.1, 0.15) is 64.7 Å². The molecule has 10 N–H and O–H groups in total. The normalized spacial score (nSPS) is 9.65. The van der Waals surface area contributed by atoms with Crippen LogP contribution in [0.2, 0.25) is 0 Å². The van der Waals surface area contributed by atoms with Crippen molar-refractivity contribution in [2.45, 2.75) is 64.7 Å². The fourth-order valence-corrected chi connectivity index (χ4v) is 2.26. The predicted molar refractivity (Wildman–Crippen MR) is 121 cm³/mol. The Bertz CT molecular complexity index is 268. The molecule has 0 aromatic heterocycles. The van der Waals surface area contributed by atoms with Crippen molar-refractivity contribution in [3.63, 3.8) is 0 Å². The Kier molecular flexibility index (Phi) is 57.9. The molecule has 0 aromatic rings. The van der Waals surface area contributed by atoms with Crippen molar-refractivity contribution in [3.8, 4) is 0 Å². The molecule has 11 nitrogen and oxygen atoms in total. The van der Waals surface area contributed by atoms with Gasteiger partial charge in [-0.2, -0.15) is 0 Å². The first kappa shape index (κ1) is 41.1. The van der Waals surface area contributed by atoms with Gasteiger partial charge in [-0.05, 0) is 6.42 Å². The SMILES string of the molecule is CCCCCCCCCCCP(=O)(O)O.OCCO.OCCO.OCCO.OCCO. The number of aliphatic hydroxyl groups excluding tert-OH is 8. The van der Waals surface area contributed by atoms with E-state index in [9.17, 15) is 4.57 Å². The molecule has 0 radical (unpaired) electrons. The summed E-state index contributed by atoms with van der Waals surface area (Å²) >= 11 is 0. The van der Waals surface area contributed by atoms with E-state index < -0.39 is 7.60 Å². The van der Waals surface area contributed by atoms with Crippen LogP contribution in [-0.2, 0) is 4.57 Å². The number of hydrogen-bond acceptors (Lipinski definition) is 9. The highest BCUT2D eigenvalue weighted by molar-refractivity contribution is 7.51. The predicted octanol–water partition coefficient (Wildman–Crippen LogP) is -0.421. The molecule has 0 saturated carbocycles. The van der Waals surface area contributed by atoms with Crippen LogP contribution in [0.3, 0.4) is 0 Å². The average Bonchev–Trinajstić information content (AvgIpc) is 2.77. The largest absolute Gasteiger partial charge is 0.394 e. The van der Waals surface area contributed by atoms with Crippen molar-refractivity contribution in [3.05, 3.63) is 0 Å². The minimum Gasteiger partial charge on any atom is -0.394 e. The van der Waals surface area contributed by atoms with Crippen molar-refractivity contribution in [1.29, 1.82) is 0 Å². The molecule has 0 bridgehead atoms. The molecular formula is C19H49O11P. The first-order valence-electron chi connectivity index (χ1n) is 10.6. The van der Waals surface area contributed by atoms with Gasteiger partial charge in [0.05, 0.1) is 52.9 Å². The Labute approximate surface area is 187 Å². The quantitative estimate of drug-likeness (QED) is 0.113. The molecule has 0 aliphatic heterocycles. The molecule has 0 saturated heterocycles. The standard InChI is InChI=1S/C11H25O3P.4C2H6O2/c1-2-3-4-5-6-7-8-9-10-11-15(12,13)14;4*3-1-2-4/h2-11H2,1H3,(H2,12,13,14);4*3-4H,1-2H2. The van der Waals surface area contributed by atoms with E-state index in [1.807, 2.05) is 0 Å². The molecule has 0 aliphatic rings. The molecule has 12 heteroatoms. The molecule has 0 unspecified atom stereocenters. The molecule has 0 fully saturated rings. The van der Waals surface area contributed by atoms with Gasteiger partial charge in [0.2, 0.25) is 0 Å². The van der Waals surface area contributed by atoms with E-state index in [2.05, 4.69) is 6.92 Å². The van der Waals surface area contributed by atoms with Gasteiger partial charge in [-0.3, -0.25) is 4.57 Å². The van der Waals surface area contributed by atoms with Crippen LogP contribution in [0.5, 0.6) is 0 Å². The zero-order valence-corrected chi connectivity index (χ0v) is 19.9. The topological polar surface area (TPSA) is 219 Å². The summed E-state index contributed by atoms with van der Waals surface area (Å²) in [6.07, 6.45) is 10.5. The lowest BCUT2D eigenvalue weighted by Gasteiger charge is -2.03. The van der Waals surface area contributed by atoms with E-state index >= 15 is 0 Å². The monoisotopic (exact) mass is 484 g/mol. The van der Waals surface area contributed by atoms with Gasteiger partial charge in [0, 0.05) is 6.16 Å². The molecule has 0 aromatic carbocycles. The second-order valence-electron chi connectivity index (χ2n) is 6.01. The zero-order valence-electron chi connectivity index (χ0n) is 19.1. The molecule has 0 spiro atoms. The summed E-state index contributed by atoms with van der Waals surface area (Å²) in [6, 6.07) is 0. The molecule has 0 atom stereocenters. The Hall–Kier alpha value is -0.170. The van der Waals surface area contributed by atoms with E-state index in [-0.39, 0.29) is 59.0 Å². The van der Waals surface area contributed by atoms with Crippen LogP contribution in [0.4, 0.5) is 0 Å². The van der Waals surface area contributed by atoms with Gasteiger partial charge in [0.1, 0.15) is 0 Å². The van der Waals surface area contributed by atoms with E-state index in [1.165, 1.54) is 38.5 Å². The van der Waals surface area contributed by atoms with Crippen molar-refractivity contribution in [2.75, 3.05) is 59.0 Å². The summed E-state index contributed by atoms with van der Waals surface area (Å²) in [5, 5.41) is 61.0. The molecular weight excluding hydrogens is 435 g/mol. The third-order valence-electron chi connectivity index (χ3n) is 2.95. The van der Waals surface area contributed by atoms with Crippen molar-refractivity contribution < 1.29 is 55.2 Å². The Morgan fingerprint density at radius 2 is 0.677 bits per heavy atom. The fourth-order valence-electron chi connectivity index (χ4n) is 1.63. The highest BCUT2D eigenvalue weighted by atomic mass is 31.2. The van der Waals surface area contributed by atoms with Gasteiger partial charge >= 0.3 is 7.60 Å². The minimum atomic E-state index is -3.74. The van der Waals surface area contributed by atoms with E-state index in [1.54, 1.807) is 0 Å². The lowest BCUT2D eigenvalue weighted by Crippen LogP contribution is -1.88.